The Morgan fingerprint density at radius 1 is 1.03 bits per heavy atom. The van der Waals surface area contributed by atoms with Gasteiger partial charge in [0.15, 0.2) is 0 Å². The van der Waals surface area contributed by atoms with E-state index >= 15 is 0 Å². The maximum atomic E-state index is 14.5. The molecule has 6 heteroatoms. The number of halogens is 1. The largest absolute Gasteiger partial charge is 0.491 e. The normalized spacial score (nSPS) is 15.7. The molecule has 1 heterocycles. The number of benzene rings is 3. The van der Waals surface area contributed by atoms with Crippen LogP contribution in [0.1, 0.15) is 11.1 Å². The summed E-state index contributed by atoms with van der Waals surface area (Å²) in [5.74, 6) is 0.244. The summed E-state index contributed by atoms with van der Waals surface area (Å²) < 4.78 is 31.0. The molecular formula is C27H27FN2O3. The average molecular weight is 447 g/mol. The monoisotopic (exact) mass is 446 g/mol. The van der Waals surface area contributed by atoms with Crippen molar-refractivity contribution in [2.24, 2.45) is 0 Å². The van der Waals surface area contributed by atoms with Crippen LogP contribution >= 0.6 is 0 Å². The zero-order chi connectivity index (χ0) is 23.0. The lowest BCUT2D eigenvalue weighted by Gasteiger charge is -2.24. The fourth-order valence-electron chi connectivity index (χ4n) is 3.97. The van der Waals surface area contributed by atoms with E-state index in [1.807, 2.05) is 30.3 Å². The Morgan fingerprint density at radius 2 is 1.85 bits per heavy atom. The lowest BCUT2D eigenvalue weighted by atomic mass is 9.91. The number of nitriles is 1. The predicted molar refractivity (Wildman–Crippen MR) is 126 cm³/mol. The van der Waals surface area contributed by atoms with Crippen LogP contribution in [-0.4, -0.2) is 46.1 Å². The summed E-state index contributed by atoms with van der Waals surface area (Å²) in [7, 11) is 1.64. The molecule has 0 spiro atoms. The minimum absolute atomic E-state index is 0.0377. The molecule has 1 atom stereocenters. The summed E-state index contributed by atoms with van der Waals surface area (Å²) in [5, 5.41) is 12.5. The Bertz CT molecular complexity index is 1120. The van der Waals surface area contributed by atoms with Crippen molar-refractivity contribution in [3.63, 3.8) is 0 Å². The Labute approximate surface area is 193 Å². The molecule has 1 saturated heterocycles. The van der Waals surface area contributed by atoms with E-state index in [1.54, 1.807) is 13.2 Å². The molecule has 4 rings (SSSR count). The highest BCUT2D eigenvalue weighted by molar-refractivity contribution is 5.84. The van der Waals surface area contributed by atoms with Gasteiger partial charge in [0, 0.05) is 20.2 Å². The topological polar surface area (TPSA) is 63.5 Å². The third kappa shape index (κ3) is 5.77. The smallest absolute Gasteiger partial charge is 0.141 e. The summed E-state index contributed by atoms with van der Waals surface area (Å²) in [6.07, 6.45) is 0.879. The van der Waals surface area contributed by atoms with E-state index in [2.05, 4.69) is 23.5 Å². The third-order valence-corrected chi connectivity index (χ3v) is 5.67. The molecule has 5 nitrogen and oxygen atoms in total. The Morgan fingerprint density at radius 3 is 2.55 bits per heavy atom. The van der Waals surface area contributed by atoms with Crippen LogP contribution in [0.15, 0.2) is 60.7 Å². The van der Waals surface area contributed by atoms with Crippen LogP contribution in [0.25, 0.3) is 22.3 Å². The molecule has 0 amide bonds. The van der Waals surface area contributed by atoms with E-state index < -0.39 is 5.82 Å². The summed E-state index contributed by atoms with van der Waals surface area (Å²) in [6, 6.07) is 20.7. The van der Waals surface area contributed by atoms with Gasteiger partial charge < -0.3 is 19.5 Å². The maximum absolute atomic E-state index is 14.5. The Hall–Kier alpha value is -3.24. The van der Waals surface area contributed by atoms with Gasteiger partial charge in [0.2, 0.25) is 0 Å². The lowest BCUT2D eigenvalue weighted by Crippen LogP contribution is -2.39. The van der Waals surface area contributed by atoms with Gasteiger partial charge in [-0.05, 0) is 58.5 Å². The number of nitrogens with zero attached hydrogens (tertiary/aromatic N) is 1. The highest BCUT2D eigenvalue weighted by Crippen LogP contribution is 2.35. The van der Waals surface area contributed by atoms with Gasteiger partial charge in [0.25, 0.3) is 0 Å². The minimum atomic E-state index is -0.520. The van der Waals surface area contributed by atoms with Crippen LogP contribution in [0.2, 0.25) is 0 Å². The molecule has 0 radical (unpaired) electrons. The summed E-state index contributed by atoms with van der Waals surface area (Å²) in [4.78, 5) is 0. The van der Waals surface area contributed by atoms with Gasteiger partial charge in [-0.2, -0.15) is 5.26 Å². The highest BCUT2D eigenvalue weighted by Gasteiger charge is 2.16. The Balaban J connectivity index is 1.68. The van der Waals surface area contributed by atoms with Crippen molar-refractivity contribution < 1.29 is 18.6 Å². The van der Waals surface area contributed by atoms with E-state index in [1.165, 1.54) is 12.1 Å². The summed E-state index contributed by atoms with van der Waals surface area (Å²) >= 11 is 0. The predicted octanol–water partition coefficient (Wildman–Crippen LogP) is 4.59. The van der Waals surface area contributed by atoms with Crippen LogP contribution in [0.3, 0.4) is 0 Å². The van der Waals surface area contributed by atoms with Gasteiger partial charge in [0.1, 0.15) is 24.2 Å². The molecule has 170 valence electrons. The summed E-state index contributed by atoms with van der Waals surface area (Å²) in [6.45, 7) is 3.40. The number of hydrogen-bond acceptors (Lipinski definition) is 5. The number of ether oxygens (including phenoxy) is 3. The summed E-state index contributed by atoms with van der Waals surface area (Å²) in [5.41, 5.74) is 4.77. The van der Waals surface area contributed by atoms with Crippen LogP contribution < -0.4 is 10.1 Å². The fraction of sp³-hybridized carbons (Fsp3) is 0.296. The van der Waals surface area contributed by atoms with Crippen LogP contribution in [0.5, 0.6) is 5.75 Å². The molecule has 1 aliphatic heterocycles. The number of methoxy groups -OCH3 is 1. The quantitative estimate of drug-likeness (QED) is 0.513. The van der Waals surface area contributed by atoms with Crippen molar-refractivity contribution in [3.8, 4) is 34.1 Å². The van der Waals surface area contributed by atoms with E-state index in [-0.39, 0.29) is 11.7 Å². The molecule has 1 unspecified atom stereocenters. The van der Waals surface area contributed by atoms with Gasteiger partial charge in [0.05, 0.1) is 24.9 Å². The SMILES string of the molecule is COCCOc1ccc(-c2ccc(CC3CNCCO3)cc2-c2ccc(C#N)c(F)c2)cc1. The van der Waals surface area contributed by atoms with Crippen molar-refractivity contribution in [3.05, 3.63) is 77.6 Å². The van der Waals surface area contributed by atoms with Gasteiger partial charge in [-0.15, -0.1) is 0 Å². The van der Waals surface area contributed by atoms with E-state index in [9.17, 15) is 4.39 Å². The van der Waals surface area contributed by atoms with Crippen LogP contribution in [-0.2, 0) is 15.9 Å². The second kappa shape index (κ2) is 11.1. The van der Waals surface area contributed by atoms with Gasteiger partial charge in [-0.1, -0.05) is 36.4 Å². The standard InChI is InChI=1S/C27H27FN2O3/c1-31-12-13-33-23-7-5-20(6-8-23)25-9-2-19(14-24-18-30-10-11-32-24)15-26(25)21-3-4-22(17-29)27(28)16-21/h2-9,15-16,24,30H,10-14,18H2,1H3. The van der Waals surface area contributed by atoms with Gasteiger partial charge in [-0.3, -0.25) is 0 Å². The van der Waals surface area contributed by atoms with Gasteiger partial charge >= 0.3 is 0 Å². The van der Waals surface area contributed by atoms with E-state index in [4.69, 9.17) is 19.5 Å². The second-order valence-corrected chi connectivity index (χ2v) is 7.95. The number of rotatable bonds is 8. The van der Waals surface area contributed by atoms with Gasteiger partial charge in [-0.25, -0.2) is 4.39 Å². The maximum Gasteiger partial charge on any atom is 0.141 e. The van der Waals surface area contributed by atoms with Crippen LogP contribution in [0.4, 0.5) is 4.39 Å². The molecule has 0 bridgehead atoms. The molecule has 33 heavy (non-hydrogen) atoms. The first kappa shape index (κ1) is 22.9. The average Bonchev–Trinajstić information content (AvgIpc) is 2.85. The molecule has 0 saturated carbocycles. The first-order chi connectivity index (χ1) is 16.2. The molecule has 0 aromatic heterocycles. The Kier molecular flexibility index (Phi) is 7.69. The number of morpholine rings is 1. The molecule has 3 aromatic carbocycles. The van der Waals surface area contributed by atoms with Crippen molar-refractivity contribution in [1.82, 2.24) is 5.32 Å². The fourth-order valence-corrected chi connectivity index (χ4v) is 3.97. The van der Waals surface area contributed by atoms with Crippen molar-refractivity contribution in [1.29, 1.82) is 5.26 Å². The van der Waals surface area contributed by atoms with Crippen molar-refractivity contribution in [2.45, 2.75) is 12.5 Å². The minimum Gasteiger partial charge on any atom is -0.491 e. The lowest BCUT2D eigenvalue weighted by molar-refractivity contribution is 0.0292. The zero-order valence-corrected chi connectivity index (χ0v) is 18.6. The van der Waals surface area contributed by atoms with Crippen molar-refractivity contribution >= 4 is 0 Å². The van der Waals surface area contributed by atoms with E-state index in [0.717, 1.165) is 53.1 Å². The first-order valence-electron chi connectivity index (χ1n) is 11.1. The zero-order valence-electron chi connectivity index (χ0n) is 18.6. The van der Waals surface area contributed by atoms with Crippen LogP contribution in [0, 0.1) is 17.1 Å². The molecule has 1 aliphatic rings. The second-order valence-electron chi connectivity index (χ2n) is 7.95. The van der Waals surface area contributed by atoms with E-state index in [0.29, 0.717) is 19.8 Å². The third-order valence-electron chi connectivity index (χ3n) is 5.67. The molecule has 1 fully saturated rings. The molecular weight excluding hydrogens is 419 g/mol. The first-order valence-corrected chi connectivity index (χ1v) is 11.1. The van der Waals surface area contributed by atoms with Crippen molar-refractivity contribution in [2.75, 3.05) is 40.0 Å². The molecule has 0 aliphatic carbocycles. The highest BCUT2D eigenvalue weighted by atomic mass is 19.1. The number of hydrogen-bond donors (Lipinski definition) is 1. The number of nitrogens with one attached hydrogen (secondary N) is 1. The molecule has 1 N–H and O–H groups in total. The molecule has 3 aromatic rings.